The molecule has 0 radical (unpaired) electrons. The molecular weight excluding hydrogens is 376 g/mol. The van der Waals surface area contributed by atoms with E-state index in [4.69, 9.17) is 5.73 Å². The van der Waals surface area contributed by atoms with Gasteiger partial charge < -0.3 is 20.9 Å². The summed E-state index contributed by atoms with van der Waals surface area (Å²) in [6.07, 6.45) is -2.90. The maximum Gasteiger partial charge on any atom is 0.416 e. The molecule has 0 bridgehead atoms. The van der Waals surface area contributed by atoms with Crippen molar-refractivity contribution in [2.45, 2.75) is 6.18 Å². The zero-order valence-corrected chi connectivity index (χ0v) is 14.6. The van der Waals surface area contributed by atoms with Gasteiger partial charge in [-0.15, -0.1) is 0 Å². The molecule has 28 heavy (non-hydrogen) atoms. The maximum absolute atomic E-state index is 13.4. The Balaban J connectivity index is 1.71. The van der Waals surface area contributed by atoms with Gasteiger partial charge >= 0.3 is 12.2 Å². The average molecular weight is 392 g/mol. The van der Waals surface area contributed by atoms with E-state index in [1.807, 2.05) is 17.8 Å². The molecule has 0 atom stereocenters. The molecule has 1 heterocycles. The largest absolute Gasteiger partial charge is 0.416 e. The fourth-order valence-corrected chi connectivity index (χ4v) is 2.75. The molecule has 0 saturated carbocycles. The highest BCUT2D eigenvalue weighted by Crippen LogP contribution is 2.32. The first-order valence-corrected chi connectivity index (χ1v) is 8.10. The zero-order chi connectivity index (χ0) is 20.5. The van der Waals surface area contributed by atoms with Crippen molar-refractivity contribution >= 4 is 23.1 Å². The predicted octanol–water partition coefficient (Wildman–Crippen LogP) is 5.08. The molecule has 0 aliphatic carbocycles. The number of aryl methyl sites for hydroxylation is 1. The van der Waals surface area contributed by atoms with Crippen LogP contribution >= 0.6 is 0 Å². The SMILES string of the molecule is Cn1ccc(N)c1-c1ccc(NC(=O)Nc2cc(F)cc(C(F)(F)F)c2)cc1. The number of urea groups is 1. The first kappa shape index (κ1) is 19.3. The maximum atomic E-state index is 13.4. The Labute approximate surface area is 157 Å². The fraction of sp³-hybridized carbons (Fsp3) is 0.105. The highest BCUT2D eigenvalue weighted by molar-refractivity contribution is 6.00. The molecule has 0 saturated heterocycles. The number of hydrogen-bond acceptors (Lipinski definition) is 2. The van der Waals surface area contributed by atoms with Crippen LogP contribution in [0.1, 0.15) is 5.56 Å². The molecule has 2 aromatic carbocycles. The Morgan fingerprint density at radius 1 is 1.00 bits per heavy atom. The van der Waals surface area contributed by atoms with Gasteiger partial charge in [-0.05, 0) is 36.4 Å². The predicted molar refractivity (Wildman–Crippen MR) is 99.3 cm³/mol. The first-order chi connectivity index (χ1) is 13.1. The lowest BCUT2D eigenvalue weighted by molar-refractivity contribution is -0.137. The van der Waals surface area contributed by atoms with Gasteiger partial charge in [0.2, 0.25) is 0 Å². The molecule has 3 rings (SSSR count). The summed E-state index contributed by atoms with van der Waals surface area (Å²) in [6.45, 7) is 0. The van der Waals surface area contributed by atoms with Crippen molar-refractivity contribution in [3.63, 3.8) is 0 Å². The number of anilines is 3. The van der Waals surface area contributed by atoms with E-state index in [9.17, 15) is 22.4 Å². The van der Waals surface area contributed by atoms with E-state index in [0.717, 1.165) is 17.3 Å². The summed E-state index contributed by atoms with van der Waals surface area (Å²) in [4.78, 5) is 12.0. The second-order valence-electron chi connectivity index (χ2n) is 6.11. The summed E-state index contributed by atoms with van der Waals surface area (Å²) in [5.74, 6) is -1.10. The fourth-order valence-electron chi connectivity index (χ4n) is 2.75. The molecule has 0 aliphatic rings. The van der Waals surface area contributed by atoms with Gasteiger partial charge in [0, 0.05) is 30.2 Å². The van der Waals surface area contributed by atoms with Crippen LogP contribution < -0.4 is 16.4 Å². The Bertz CT molecular complexity index is 990. The Hall–Kier alpha value is -3.49. The summed E-state index contributed by atoms with van der Waals surface area (Å²) >= 11 is 0. The number of alkyl halides is 3. The molecule has 2 amide bonds. The van der Waals surface area contributed by atoms with Crippen LogP contribution in [0.4, 0.5) is 39.4 Å². The van der Waals surface area contributed by atoms with Crippen molar-refractivity contribution < 1.29 is 22.4 Å². The van der Waals surface area contributed by atoms with Crippen LogP contribution in [-0.4, -0.2) is 10.6 Å². The van der Waals surface area contributed by atoms with Crippen LogP contribution in [0, 0.1) is 5.82 Å². The van der Waals surface area contributed by atoms with Gasteiger partial charge in [0.05, 0.1) is 16.9 Å². The molecule has 0 aliphatic heterocycles. The monoisotopic (exact) mass is 392 g/mol. The van der Waals surface area contributed by atoms with Crippen molar-refractivity contribution in [2.24, 2.45) is 7.05 Å². The number of hydrogen-bond donors (Lipinski definition) is 3. The van der Waals surface area contributed by atoms with Crippen molar-refractivity contribution in [2.75, 3.05) is 16.4 Å². The summed E-state index contributed by atoms with van der Waals surface area (Å²) in [6, 6.07) is 9.50. The Kier molecular flexibility index (Phi) is 5.00. The number of benzene rings is 2. The molecular formula is C19H16F4N4O. The average Bonchev–Trinajstić information content (AvgIpc) is 2.93. The third-order valence-electron chi connectivity index (χ3n) is 4.00. The van der Waals surface area contributed by atoms with Crippen molar-refractivity contribution in [3.8, 4) is 11.3 Å². The van der Waals surface area contributed by atoms with Crippen LogP contribution in [0.25, 0.3) is 11.3 Å². The van der Waals surface area contributed by atoms with E-state index in [0.29, 0.717) is 23.5 Å². The molecule has 5 nitrogen and oxygen atoms in total. The molecule has 0 spiro atoms. The number of aromatic nitrogens is 1. The second-order valence-corrected chi connectivity index (χ2v) is 6.11. The summed E-state index contributed by atoms with van der Waals surface area (Å²) < 4.78 is 53.5. The number of carbonyl (C=O) groups is 1. The molecule has 9 heteroatoms. The molecule has 3 aromatic rings. The van der Waals surface area contributed by atoms with Gasteiger partial charge in [-0.2, -0.15) is 13.2 Å². The number of nitrogens with one attached hydrogen (secondary N) is 2. The van der Waals surface area contributed by atoms with E-state index in [1.54, 1.807) is 30.3 Å². The minimum Gasteiger partial charge on any atom is -0.397 e. The summed E-state index contributed by atoms with van der Waals surface area (Å²) in [7, 11) is 1.85. The van der Waals surface area contributed by atoms with Crippen molar-refractivity contribution in [1.82, 2.24) is 4.57 Å². The van der Waals surface area contributed by atoms with Gasteiger partial charge in [0.25, 0.3) is 0 Å². The zero-order valence-electron chi connectivity index (χ0n) is 14.6. The normalized spacial score (nSPS) is 11.3. The number of nitrogen functional groups attached to an aromatic ring is 1. The number of nitrogens with zero attached hydrogens (tertiary/aromatic N) is 1. The van der Waals surface area contributed by atoms with Gasteiger partial charge in [-0.3, -0.25) is 0 Å². The van der Waals surface area contributed by atoms with Crippen LogP contribution in [0.3, 0.4) is 0 Å². The Morgan fingerprint density at radius 2 is 1.64 bits per heavy atom. The lowest BCUT2D eigenvalue weighted by Gasteiger charge is -2.12. The van der Waals surface area contributed by atoms with E-state index in [2.05, 4.69) is 10.6 Å². The van der Waals surface area contributed by atoms with Gasteiger partial charge in [0.15, 0.2) is 0 Å². The number of rotatable bonds is 3. The minimum absolute atomic E-state index is 0.307. The lowest BCUT2D eigenvalue weighted by Crippen LogP contribution is -2.20. The van der Waals surface area contributed by atoms with Crippen molar-refractivity contribution in [3.05, 3.63) is 66.1 Å². The molecule has 0 fully saturated rings. The summed E-state index contributed by atoms with van der Waals surface area (Å²) in [5.41, 5.74) is 7.08. The topological polar surface area (TPSA) is 72.1 Å². The Morgan fingerprint density at radius 3 is 2.21 bits per heavy atom. The third kappa shape index (κ3) is 4.25. The molecule has 1 aromatic heterocycles. The molecule has 146 valence electrons. The quantitative estimate of drug-likeness (QED) is 0.544. The van der Waals surface area contributed by atoms with Crippen LogP contribution in [-0.2, 0) is 13.2 Å². The first-order valence-electron chi connectivity index (χ1n) is 8.10. The van der Waals surface area contributed by atoms with Gasteiger partial charge in [-0.1, -0.05) is 12.1 Å². The highest BCUT2D eigenvalue weighted by atomic mass is 19.4. The van der Waals surface area contributed by atoms with Crippen molar-refractivity contribution in [1.29, 1.82) is 0 Å². The number of halogens is 4. The molecule has 0 unspecified atom stereocenters. The third-order valence-corrected chi connectivity index (χ3v) is 4.00. The smallest absolute Gasteiger partial charge is 0.397 e. The second kappa shape index (κ2) is 7.26. The standard InChI is InChI=1S/C19H16F4N4O/c1-27-7-6-16(24)17(27)11-2-4-14(5-3-11)25-18(28)26-15-9-12(19(21,22)23)8-13(20)10-15/h2-10H,24H2,1H3,(H2,25,26,28). The van der Waals surface area contributed by atoms with Crippen LogP contribution in [0.2, 0.25) is 0 Å². The molecule has 4 N–H and O–H groups in total. The van der Waals surface area contributed by atoms with Crippen LogP contribution in [0.5, 0.6) is 0 Å². The van der Waals surface area contributed by atoms with Crippen LogP contribution in [0.15, 0.2) is 54.7 Å². The number of amides is 2. The highest BCUT2D eigenvalue weighted by Gasteiger charge is 2.31. The van der Waals surface area contributed by atoms with E-state index < -0.39 is 23.6 Å². The van der Waals surface area contributed by atoms with E-state index >= 15 is 0 Å². The van der Waals surface area contributed by atoms with Gasteiger partial charge in [-0.25, -0.2) is 9.18 Å². The summed E-state index contributed by atoms with van der Waals surface area (Å²) in [5, 5.41) is 4.67. The minimum atomic E-state index is -4.72. The van der Waals surface area contributed by atoms with E-state index in [1.165, 1.54) is 0 Å². The number of carbonyl (C=O) groups excluding carboxylic acids is 1. The van der Waals surface area contributed by atoms with Gasteiger partial charge in [0.1, 0.15) is 5.82 Å². The van der Waals surface area contributed by atoms with E-state index in [-0.39, 0.29) is 5.69 Å². The lowest BCUT2D eigenvalue weighted by atomic mass is 10.1. The number of nitrogens with two attached hydrogens (primary N) is 1.